The van der Waals surface area contributed by atoms with Gasteiger partial charge in [-0.15, -0.1) is 0 Å². The molecule has 0 saturated carbocycles. The van der Waals surface area contributed by atoms with E-state index < -0.39 is 0 Å². The number of nitrogens with zero attached hydrogens (tertiary/aromatic N) is 4. The standard InChI is InChI=1S/C17H30N8/c1-4-6-12(21-3)7-8-13-9-14(15(18)10-24(20)5-2)16-17(19)22-11-23-25(13)16/h9-12,21H,4-8,18,20H2,1-3H3,(H2,19,22,23)/b15-10-. The highest BCUT2D eigenvalue weighted by atomic mass is 15.4. The van der Waals surface area contributed by atoms with Gasteiger partial charge in [0.05, 0.1) is 5.70 Å². The zero-order valence-electron chi connectivity index (χ0n) is 15.4. The fourth-order valence-corrected chi connectivity index (χ4v) is 2.97. The molecule has 0 aliphatic carbocycles. The third-order valence-electron chi connectivity index (χ3n) is 4.43. The van der Waals surface area contributed by atoms with Crippen LogP contribution in [0.1, 0.15) is 44.4 Å². The monoisotopic (exact) mass is 346 g/mol. The van der Waals surface area contributed by atoms with Crippen LogP contribution in [0.5, 0.6) is 0 Å². The van der Waals surface area contributed by atoms with Crippen molar-refractivity contribution in [3.05, 3.63) is 29.9 Å². The molecule has 0 amide bonds. The Morgan fingerprint density at radius 2 is 2.16 bits per heavy atom. The van der Waals surface area contributed by atoms with E-state index in [9.17, 15) is 0 Å². The van der Waals surface area contributed by atoms with Crippen molar-refractivity contribution in [2.24, 2.45) is 11.6 Å². The van der Waals surface area contributed by atoms with Gasteiger partial charge < -0.3 is 21.8 Å². The zero-order valence-corrected chi connectivity index (χ0v) is 15.4. The van der Waals surface area contributed by atoms with Gasteiger partial charge in [0.25, 0.3) is 0 Å². The number of hydrazine groups is 1. The maximum atomic E-state index is 6.25. The van der Waals surface area contributed by atoms with Crippen LogP contribution in [0.3, 0.4) is 0 Å². The number of nitrogen functional groups attached to an aromatic ring is 1. The molecule has 0 aromatic carbocycles. The van der Waals surface area contributed by atoms with Crippen LogP contribution in [-0.4, -0.2) is 39.2 Å². The minimum absolute atomic E-state index is 0.409. The van der Waals surface area contributed by atoms with Crippen molar-refractivity contribution in [1.29, 1.82) is 0 Å². The maximum Gasteiger partial charge on any atom is 0.152 e. The van der Waals surface area contributed by atoms with Gasteiger partial charge in [-0.1, -0.05) is 13.3 Å². The molecule has 1 unspecified atom stereocenters. The van der Waals surface area contributed by atoms with Gasteiger partial charge in [0, 0.05) is 30.0 Å². The number of aryl methyl sites for hydroxylation is 1. The van der Waals surface area contributed by atoms with E-state index in [0.717, 1.165) is 42.5 Å². The van der Waals surface area contributed by atoms with Crippen LogP contribution in [0.15, 0.2) is 18.6 Å². The van der Waals surface area contributed by atoms with Crippen LogP contribution in [0.25, 0.3) is 11.2 Å². The van der Waals surface area contributed by atoms with Gasteiger partial charge in [-0.05, 0) is 39.3 Å². The van der Waals surface area contributed by atoms with E-state index in [4.69, 9.17) is 17.3 Å². The molecule has 8 nitrogen and oxygen atoms in total. The van der Waals surface area contributed by atoms with Crippen LogP contribution in [0.2, 0.25) is 0 Å². The summed E-state index contributed by atoms with van der Waals surface area (Å²) in [6, 6.07) is 2.51. The fourth-order valence-electron chi connectivity index (χ4n) is 2.97. The largest absolute Gasteiger partial charge is 0.397 e. The molecular weight excluding hydrogens is 316 g/mol. The number of hydrogen-bond acceptors (Lipinski definition) is 7. The summed E-state index contributed by atoms with van der Waals surface area (Å²) in [5, 5.41) is 9.28. The molecule has 25 heavy (non-hydrogen) atoms. The number of nitrogens with two attached hydrogens (primary N) is 3. The first-order valence-electron chi connectivity index (χ1n) is 8.79. The predicted molar refractivity (Wildman–Crippen MR) is 102 cm³/mol. The third-order valence-corrected chi connectivity index (χ3v) is 4.43. The number of rotatable bonds is 9. The lowest BCUT2D eigenvalue weighted by Gasteiger charge is -2.14. The molecule has 8 heteroatoms. The Kier molecular flexibility index (Phi) is 6.60. The molecule has 2 heterocycles. The van der Waals surface area contributed by atoms with Gasteiger partial charge in [0.15, 0.2) is 5.82 Å². The Bertz CT molecular complexity index is 721. The van der Waals surface area contributed by atoms with Crippen molar-refractivity contribution in [1.82, 2.24) is 24.9 Å². The van der Waals surface area contributed by atoms with Crippen LogP contribution >= 0.6 is 0 Å². The third kappa shape index (κ3) is 4.40. The molecule has 2 rings (SSSR count). The molecule has 2 aromatic rings. The number of aromatic nitrogens is 3. The first kappa shape index (κ1) is 19.0. The van der Waals surface area contributed by atoms with Gasteiger partial charge in [-0.2, -0.15) is 5.10 Å². The Labute approximate surface area is 149 Å². The van der Waals surface area contributed by atoms with Crippen LogP contribution in [-0.2, 0) is 6.42 Å². The normalized spacial score (nSPS) is 13.4. The maximum absolute atomic E-state index is 6.25. The second-order valence-electron chi connectivity index (χ2n) is 6.18. The summed E-state index contributed by atoms with van der Waals surface area (Å²) >= 11 is 0. The summed E-state index contributed by atoms with van der Waals surface area (Å²) in [6.45, 7) is 4.81. The number of fused-ring (bicyclic) bond motifs is 1. The Balaban J connectivity index is 2.39. The molecule has 0 spiro atoms. The Hall–Kier alpha value is -2.32. The Morgan fingerprint density at radius 1 is 1.40 bits per heavy atom. The highest BCUT2D eigenvalue weighted by Gasteiger charge is 2.16. The number of hydrogen-bond donors (Lipinski definition) is 4. The molecule has 0 radical (unpaired) electrons. The van der Waals surface area contributed by atoms with E-state index in [2.05, 4.69) is 22.3 Å². The van der Waals surface area contributed by atoms with Crippen molar-refractivity contribution in [3.63, 3.8) is 0 Å². The smallest absolute Gasteiger partial charge is 0.152 e. The first-order chi connectivity index (χ1) is 12.0. The highest BCUT2D eigenvalue weighted by molar-refractivity contribution is 5.84. The molecule has 0 bridgehead atoms. The van der Waals surface area contributed by atoms with E-state index >= 15 is 0 Å². The average Bonchev–Trinajstić information content (AvgIpc) is 2.98. The minimum Gasteiger partial charge on any atom is -0.397 e. The second-order valence-corrected chi connectivity index (χ2v) is 6.18. The van der Waals surface area contributed by atoms with Crippen molar-refractivity contribution in [2.75, 3.05) is 19.3 Å². The SMILES string of the molecule is CCCC(CCc1cc(/C(N)=C/N(N)CC)c2c(N)ncnn12)NC. The lowest BCUT2D eigenvalue weighted by molar-refractivity contribution is 0.418. The summed E-state index contributed by atoms with van der Waals surface area (Å²) < 4.78 is 1.84. The number of nitrogens with one attached hydrogen (secondary N) is 1. The summed E-state index contributed by atoms with van der Waals surface area (Å²) in [4.78, 5) is 4.11. The number of anilines is 1. The predicted octanol–water partition coefficient (Wildman–Crippen LogP) is 1.08. The lowest BCUT2D eigenvalue weighted by Crippen LogP contribution is -2.25. The molecule has 138 valence electrons. The topological polar surface area (TPSA) is 124 Å². The summed E-state index contributed by atoms with van der Waals surface area (Å²) in [7, 11) is 2.00. The van der Waals surface area contributed by atoms with E-state index in [-0.39, 0.29) is 0 Å². The van der Waals surface area contributed by atoms with Crippen molar-refractivity contribution in [3.8, 4) is 0 Å². The summed E-state index contributed by atoms with van der Waals surface area (Å²) in [5.41, 5.74) is 15.5. The van der Waals surface area contributed by atoms with Crippen LogP contribution in [0.4, 0.5) is 5.82 Å². The molecule has 0 aliphatic heterocycles. The van der Waals surface area contributed by atoms with Gasteiger partial charge in [0.2, 0.25) is 0 Å². The molecule has 1 atom stereocenters. The van der Waals surface area contributed by atoms with E-state index in [1.165, 1.54) is 11.3 Å². The summed E-state index contributed by atoms with van der Waals surface area (Å²) in [6.07, 6.45) is 7.36. The van der Waals surface area contributed by atoms with Gasteiger partial charge in [-0.3, -0.25) is 0 Å². The highest BCUT2D eigenvalue weighted by Crippen LogP contribution is 2.25. The minimum atomic E-state index is 0.409. The molecule has 0 fully saturated rings. The van der Waals surface area contributed by atoms with Gasteiger partial charge in [0.1, 0.15) is 11.8 Å². The van der Waals surface area contributed by atoms with Crippen LogP contribution < -0.4 is 22.6 Å². The fraction of sp³-hybridized carbons (Fsp3) is 0.529. The molecule has 0 saturated heterocycles. The second kappa shape index (κ2) is 8.68. The quantitative estimate of drug-likeness (QED) is 0.396. The van der Waals surface area contributed by atoms with E-state index in [1.54, 1.807) is 6.20 Å². The molecule has 7 N–H and O–H groups in total. The van der Waals surface area contributed by atoms with Crippen LogP contribution in [0, 0.1) is 0 Å². The average molecular weight is 346 g/mol. The van der Waals surface area contributed by atoms with Crippen molar-refractivity contribution < 1.29 is 0 Å². The summed E-state index contributed by atoms with van der Waals surface area (Å²) in [5.74, 6) is 6.26. The lowest BCUT2D eigenvalue weighted by atomic mass is 10.0. The zero-order chi connectivity index (χ0) is 18.4. The van der Waals surface area contributed by atoms with Gasteiger partial charge >= 0.3 is 0 Å². The van der Waals surface area contributed by atoms with Gasteiger partial charge in [-0.25, -0.2) is 15.3 Å². The Morgan fingerprint density at radius 3 is 2.80 bits per heavy atom. The van der Waals surface area contributed by atoms with Crippen molar-refractivity contribution >= 4 is 17.0 Å². The van der Waals surface area contributed by atoms with E-state index in [0.29, 0.717) is 24.1 Å². The molecular formula is C17H30N8. The van der Waals surface area contributed by atoms with Crippen molar-refractivity contribution in [2.45, 2.75) is 45.6 Å². The molecule has 0 aliphatic rings. The first-order valence-corrected chi connectivity index (χ1v) is 8.79. The van der Waals surface area contributed by atoms with E-state index in [1.807, 2.05) is 24.6 Å². The molecule has 2 aromatic heterocycles.